The summed E-state index contributed by atoms with van der Waals surface area (Å²) in [5.41, 5.74) is 5.94. The van der Waals surface area contributed by atoms with Gasteiger partial charge in [-0.05, 0) is 109 Å². The largest absolute Gasteiger partial charge is 0.508 e. The van der Waals surface area contributed by atoms with Gasteiger partial charge in [0.25, 0.3) is 5.91 Å². The van der Waals surface area contributed by atoms with Gasteiger partial charge < -0.3 is 24.4 Å². The number of benzene rings is 5. The molecule has 2 aliphatic rings. The summed E-state index contributed by atoms with van der Waals surface area (Å²) in [5, 5.41) is 14.6. The number of unbranched alkanes of at least 4 members (excludes halogenated alkanes) is 2. The van der Waals surface area contributed by atoms with Crippen LogP contribution in [0.25, 0.3) is 33.0 Å². The van der Waals surface area contributed by atoms with Crippen LogP contribution in [-0.2, 0) is 9.59 Å². The Hall–Kier alpha value is -5.87. The summed E-state index contributed by atoms with van der Waals surface area (Å²) in [6.45, 7) is 7.54. The van der Waals surface area contributed by atoms with Gasteiger partial charge in [0.2, 0.25) is 11.8 Å². The average Bonchev–Trinajstić information content (AvgIpc) is 3.23. The molecule has 0 saturated carbocycles. The lowest BCUT2D eigenvalue weighted by atomic mass is 9.90. The summed E-state index contributed by atoms with van der Waals surface area (Å²) in [7, 11) is 1.56. The number of phenolic OH excluding ortho intramolecular Hbond substituents is 1. The first kappa shape index (κ1) is 38.4. The van der Waals surface area contributed by atoms with E-state index in [0.29, 0.717) is 30.9 Å². The molecule has 5 aromatic rings. The van der Waals surface area contributed by atoms with E-state index in [2.05, 4.69) is 63.6 Å². The molecule has 10 nitrogen and oxygen atoms in total. The number of likely N-dealkylation sites (N-methyl/N-ethyl adjacent to an activating group) is 1. The number of carbonyl (C=O) groups excluding carboxylic acids is 3. The van der Waals surface area contributed by atoms with Gasteiger partial charge in [-0.25, -0.2) is 0 Å². The molecule has 56 heavy (non-hydrogen) atoms. The molecule has 2 N–H and O–H groups in total. The molecule has 1 atom stereocenters. The smallest absolute Gasteiger partial charge is 0.258 e. The second kappa shape index (κ2) is 17.7. The van der Waals surface area contributed by atoms with E-state index < -0.39 is 11.9 Å². The molecule has 0 bridgehead atoms. The molecule has 0 aromatic heterocycles. The second-order valence-electron chi connectivity index (χ2n) is 14.5. The number of methoxy groups -OCH3 is 1. The molecule has 2 saturated heterocycles. The molecule has 2 fully saturated rings. The van der Waals surface area contributed by atoms with Crippen molar-refractivity contribution in [3.63, 3.8) is 0 Å². The third kappa shape index (κ3) is 8.66. The third-order valence-electron chi connectivity index (χ3n) is 11.0. The molecule has 10 heteroatoms. The molecular weight excluding hydrogens is 705 g/mol. The maximum atomic E-state index is 13.6. The van der Waals surface area contributed by atoms with Gasteiger partial charge in [-0.2, -0.15) is 0 Å². The van der Waals surface area contributed by atoms with Gasteiger partial charge in [-0.15, -0.1) is 0 Å². The van der Waals surface area contributed by atoms with Crippen molar-refractivity contribution in [1.29, 1.82) is 0 Å². The Morgan fingerprint density at radius 3 is 2.38 bits per heavy atom. The van der Waals surface area contributed by atoms with Crippen LogP contribution < -0.4 is 19.7 Å². The molecule has 5 aromatic carbocycles. The maximum absolute atomic E-state index is 13.6. The lowest BCUT2D eigenvalue weighted by molar-refractivity contribution is -0.136. The molecular formula is C46H50N4O6. The van der Waals surface area contributed by atoms with E-state index in [4.69, 9.17) is 9.47 Å². The summed E-state index contributed by atoms with van der Waals surface area (Å²) in [5.74, 6) is 0.573. The van der Waals surface area contributed by atoms with Gasteiger partial charge in [0.05, 0.1) is 19.3 Å². The summed E-state index contributed by atoms with van der Waals surface area (Å²) in [6, 6.07) is 33.4. The number of piperidine rings is 1. The molecule has 2 heterocycles. The maximum Gasteiger partial charge on any atom is 0.258 e. The van der Waals surface area contributed by atoms with Crippen LogP contribution in [0.2, 0.25) is 0 Å². The fourth-order valence-electron chi connectivity index (χ4n) is 7.93. The van der Waals surface area contributed by atoms with Crippen molar-refractivity contribution in [1.82, 2.24) is 15.1 Å². The van der Waals surface area contributed by atoms with Crippen LogP contribution in [0.3, 0.4) is 0 Å². The normalized spacial score (nSPS) is 16.1. The van der Waals surface area contributed by atoms with E-state index in [1.54, 1.807) is 19.2 Å². The van der Waals surface area contributed by atoms with Crippen LogP contribution in [0, 0.1) is 0 Å². The average molecular weight is 755 g/mol. The van der Waals surface area contributed by atoms with Crippen molar-refractivity contribution in [3.05, 3.63) is 109 Å². The predicted octanol–water partition coefficient (Wildman–Crippen LogP) is 7.53. The van der Waals surface area contributed by atoms with Crippen molar-refractivity contribution < 1.29 is 29.0 Å². The minimum Gasteiger partial charge on any atom is -0.508 e. The SMILES string of the molecule is CCN(C(=O)c1ccc(N2CCN(CCCCCOc3ccc(-c4c(-c5ccccc5)ccc5cc(O)ccc45)cc3)CC2)cc1OC)C1CCC(=O)NC1=O. The highest BCUT2D eigenvalue weighted by Crippen LogP contribution is 2.39. The van der Waals surface area contributed by atoms with E-state index in [1.165, 1.54) is 4.90 Å². The van der Waals surface area contributed by atoms with E-state index in [1.807, 2.05) is 49.4 Å². The summed E-state index contributed by atoms with van der Waals surface area (Å²) < 4.78 is 11.8. The Morgan fingerprint density at radius 1 is 0.857 bits per heavy atom. The Kier molecular flexibility index (Phi) is 12.2. The monoisotopic (exact) mass is 754 g/mol. The lowest BCUT2D eigenvalue weighted by Gasteiger charge is -2.36. The van der Waals surface area contributed by atoms with Crippen LogP contribution in [0.15, 0.2) is 103 Å². The number of hydrogen-bond acceptors (Lipinski definition) is 8. The highest BCUT2D eigenvalue weighted by Gasteiger charge is 2.35. The topological polar surface area (TPSA) is 112 Å². The van der Waals surface area contributed by atoms with Crippen LogP contribution in [0.1, 0.15) is 49.4 Å². The highest BCUT2D eigenvalue weighted by molar-refractivity contribution is 6.05. The first-order chi connectivity index (χ1) is 27.3. The van der Waals surface area contributed by atoms with Crippen molar-refractivity contribution in [2.75, 3.05) is 57.9 Å². The van der Waals surface area contributed by atoms with Crippen LogP contribution in [0.5, 0.6) is 17.2 Å². The van der Waals surface area contributed by atoms with Crippen molar-refractivity contribution in [2.45, 2.75) is 45.1 Å². The highest BCUT2D eigenvalue weighted by atomic mass is 16.5. The number of anilines is 1. The van der Waals surface area contributed by atoms with E-state index in [-0.39, 0.29) is 24.0 Å². The number of ether oxygens (including phenoxy) is 2. The quantitative estimate of drug-likeness (QED) is 0.0885. The predicted molar refractivity (Wildman–Crippen MR) is 220 cm³/mol. The van der Waals surface area contributed by atoms with Gasteiger partial charge in [0.1, 0.15) is 23.3 Å². The van der Waals surface area contributed by atoms with E-state index >= 15 is 0 Å². The zero-order chi connectivity index (χ0) is 39.0. The van der Waals surface area contributed by atoms with Gasteiger partial charge in [0.15, 0.2) is 0 Å². The zero-order valence-corrected chi connectivity index (χ0v) is 32.2. The molecule has 7 rings (SSSR count). The second-order valence-corrected chi connectivity index (χ2v) is 14.5. The number of fused-ring (bicyclic) bond motifs is 1. The molecule has 0 radical (unpaired) electrons. The summed E-state index contributed by atoms with van der Waals surface area (Å²) >= 11 is 0. The van der Waals surface area contributed by atoms with Crippen LogP contribution >= 0.6 is 0 Å². The van der Waals surface area contributed by atoms with Gasteiger partial charge in [0, 0.05) is 50.9 Å². The molecule has 0 aliphatic carbocycles. The standard InChI is InChI=1S/C46H50N4O6/c1-3-50(41-22-23-43(52)47-45(41)53)46(54)40-20-15-35(31-42(40)55-2)49-27-25-48(26-28-49)24-8-5-9-29-56-37-17-12-33(13-18-37)44-38(32-10-6-4-7-11-32)19-14-34-30-36(51)16-21-39(34)44/h4,6-7,10-21,30-31,41,51H,3,5,8-9,22-29H2,1-2H3,(H,47,52,53). The van der Waals surface area contributed by atoms with Crippen LogP contribution in [0.4, 0.5) is 5.69 Å². The third-order valence-corrected chi connectivity index (χ3v) is 11.0. The molecule has 1 unspecified atom stereocenters. The van der Waals surface area contributed by atoms with Crippen molar-refractivity contribution in [2.24, 2.45) is 0 Å². The Bertz CT molecular complexity index is 2160. The van der Waals surface area contributed by atoms with Crippen molar-refractivity contribution >= 4 is 34.2 Å². The molecule has 2 aliphatic heterocycles. The number of nitrogens with one attached hydrogen (secondary N) is 1. The minimum atomic E-state index is -0.678. The first-order valence-corrected chi connectivity index (χ1v) is 19.7. The van der Waals surface area contributed by atoms with Gasteiger partial charge in [-0.1, -0.05) is 60.7 Å². The summed E-state index contributed by atoms with van der Waals surface area (Å²) in [4.78, 5) is 44.0. The van der Waals surface area contributed by atoms with Crippen molar-refractivity contribution in [3.8, 4) is 39.5 Å². The first-order valence-electron chi connectivity index (χ1n) is 19.7. The number of rotatable bonds is 14. The Balaban J connectivity index is 0.865. The van der Waals surface area contributed by atoms with Gasteiger partial charge in [-0.3, -0.25) is 24.6 Å². The number of piperazine rings is 1. The van der Waals surface area contributed by atoms with Gasteiger partial charge >= 0.3 is 0 Å². The fourth-order valence-corrected chi connectivity index (χ4v) is 7.93. The number of phenols is 1. The van der Waals surface area contributed by atoms with E-state index in [0.717, 1.165) is 96.4 Å². The number of carbonyl (C=O) groups is 3. The summed E-state index contributed by atoms with van der Waals surface area (Å²) in [6.07, 6.45) is 3.70. The Morgan fingerprint density at radius 2 is 1.64 bits per heavy atom. The molecule has 0 spiro atoms. The number of hydrogen-bond donors (Lipinski definition) is 2. The van der Waals surface area contributed by atoms with Crippen LogP contribution in [-0.4, -0.2) is 91.7 Å². The zero-order valence-electron chi connectivity index (χ0n) is 32.2. The fraction of sp³-hybridized carbons (Fsp3) is 0.326. The molecule has 290 valence electrons. The number of imide groups is 1. The minimum absolute atomic E-state index is 0.214. The number of aromatic hydroxyl groups is 1. The lowest BCUT2D eigenvalue weighted by Crippen LogP contribution is -2.54. The number of amides is 3. The number of nitrogens with zero attached hydrogens (tertiary/aromatic N) is 3. The van der Waals surface area contributed by atoms with E-state index in [9.17, 15) is 19.5 Å². The Labute approximate surface area is 328 Å². The molecule has 3 amide bonds.